The molecule has 6 rings (SSSR count). The number of esters is 1. The van der Waals surface area contributed by atoms with Crippen molar-refractivity contribution >= 4 is 51.7 Å². The third-order valence-corrected chi connectivity index (χ3v) is 7.93. The van der Waals surface area contributed by atoms with Gasteiger partial charge in [-0.3, -0.25) is 4.79 Å². The number of amides is 1. The number of nitrogens with one attached hydrogen (secondary N) is 1. The lowest BCUT2D eigenvalue weighted by atomic mass is 10.0. The van der Waals surface area contributed by atoms with Gasteiger partial charge in [0.1, 0.15) is 5.75 Å². The predicted molar refractivity (Wildman–Crippen MR) is 181 cm³/mol. The number of benzene rings is 4. The lowest BCUT2D eigenvalue weighted by molar-refractivity contribution is -0.119. The summed E-state index contributed by atoms with van der Waals surface area (Å²) < 4.78 is 28.1. The molecular weight excluding hydrogens is 620 g/mol. The zero-order valence-electron chi connectivity index (χ0n) is 26.0. The molecule has 5 aromatic rings. The largest absolute Gasteiger partial charge is 0.493 e. The average molecular weight is 651 g/mol. The van der Waals surface area contributed by atoms with Gasteiger partial charge in [-0.25, -0.2) is 9.78 Å². The Bertz CT molecular complexity index is 1990. The molecule has 1 aliphatic rings. The number of halogens is 1. The Hall–Kier alpha value is -5.54. The SMILES string of the molecule is COc1cc(/C=C2/CCc3c2nc2ccccc2c3C(=O)OCC(=O)Nc2cc(Cl)ccc2Oc2ccccc2)cc(OC)c1OC. The molecule has 0 radical (unpaired) electrons. The van der Waals surface area contributed by atoms with E-state index in [-0.39, 0.29) is 0 Å². The minimum atomic E-state index is -0.615. The number of hydrogen-bond acceptors (Lipinski definition) is 8. The van der Waals surface area contributed by atoms with Crippen molar-refractivity contribution in [1.29, 1.82) is 0 Å². The minimum Gasteiger partial charge on any atom is -0.493 e. The maximum atomic E-state index is 13.7. The summed E-state index contributed by atoms with van der Waals surface area (Å²) in [4.78, 5) is 31.7. The number of carbonyl (C=O) groups is 2. The smallest absolute Gasteiger partial charge is 0.339 e. The topological polar surface area (TPSA) is 105 Å². The summed E-state index contributed by atoms with van der Waals surface area (Å²) in [6.07, 6.45) is 3.22. The van der Waals surface area contributed by atoms with Gasteiger partial charge in [-0.05, 0) is 84.1 Å². The van der Waals surface area contributed by atoms with Crippen LogP contribution >= 0.6 is 11.6 Å². The van der Waals surface area contributed by atoms with E-state index in [0.29, 0.717) is 74.5 Å². The van der Waals surface area contributed by atoms with E-state index in [1.165, 1.54) is 0 Å². The molecule has 1 N–H and O–H groups in total. The molecule has 0 saturated carbocycles. The van der Waals surface area contributed by atoms with Crippen molar-refractivity contribution in [1.82, 2.24) is 4.98 Å². The normalized spacial score (nSPS) is 12.8. The number of carbonyl (C=O) groups excluding carboxylic acids is 2. The molecule has 238 valence electrons. The zero-order chi connectivity index (χ0) is 32.9. The summed E-state index contributed by atoms with van der Waals surface area (Å²) in [5.74, 6) is 1.38. The van der Waals surface area contributed by atoms with E-state index in [1.807, 2.05) is 60.7 Å². The van der Waals surface area contributed by atoms with Crippen LogP contribution in [0, 0.1) is 0 Å². The average Bonchev–Trinajstić information content (AvgIpc) is 3.48. The van der Waals surface area contributed by atoms with Gasteiger partial charge in [-0.2, -0.15) is 0 Å². The van der Waals surface area contributed by atoms with Gasteiger partial charge in [0, 0.05) is 10.4 Å². The summed E-state index contributed by atoms with van der Waals surface area (Å²) in [6, 6.07) is 25.2. The Labute approximate surface area is 276 Å². The molecule has 0 bridgehead atoms. The van der Waals surface area contributed by atoms with Crippen molar-refractivity contribution in [3.05, 3.63) is 112 Å². The first-order valence-electron chi connectivity index (χ1n) is 14.8. The van der Waals surface area contributed by atoms with Crippen LogP contribution in [0.5, 0.6) is 28.7 Å². The third-order valence-electron chi connectivity index (χ3n) is 7.69. The van der Waals surface area contributed by atoms with E-state index in [4.69, 9.17) is 40.3 Å². The Morgan fingerprint density at radius 2 is 1.57 bits per heavy atom. The number of rotatable bonds is 10. The molecule has 10 heteroatoms. The van der Waals surface area contributed by atoms with Crippen LogP contribution in [-0.2, 0) is 16.0 Å². The molecule has 47 heavy (non-hydrogen) atoms. The van der Waals surface area contributed by atoms with Crippen molar-refractivity contribution in [3.63, 3.8) is 0 Å². The fourth-order valence-electron chi connectivity index (χ4n) is 5.59. The molecule has 4 aromatic carbocycles. The number of aromatic nitrogens is 1. The Morgan fingerprint density at radius 1 is 0.851 bits per heavy atom. The van der Waals surface area contributed by atoms with Crippen molar-refractivity contribution < 1.29 is 33.3 Å². The van der Waals surface area contributed by atoms with Crippen LogP contribution < -0.4 is 24.3 Å². The quantitative estimate of drug-likeness (QED) is 0.152. The monoisotopic (exact) mass is 650 g/mol. The highest BCUT2D eigenvalue weighted by atomic mass is 35.5. The Morgan fingerprint density at radius 3 is 2.30 bits per heavy atom. The summed E-state index contributed by atoms with van der Waals surface area (Å²) in [5.41, 5.74) is 4.62. The zero-order valence-corrected chi connectivity index (χ0v) is 26.7. The number of methoxy groups -OCH3 is 3. The van der Waals surface area contributed by atoms with E-state index in [0.717, 1.165) is 16.7 Å². The highest BCUT2D eigenvalue weighted by Gasteiger charge is 2.28. The van der Waals surface area contributed by atoms with Crippen LogP contribution in [-0.4, -0.2) is 44.8 Å². The molecule has 1 aromatic heterocycles. The maximum absolute atomic E-state index is 13.7. The van der Waals surface area contributed by atoms with E-state index < -0.39 is 18.5 Å². The molecule has 0 saturated heterocycles. The van der Waals surface area contributed by atoms with E-state index >= 15 is 0 Å². The number of ether oxygens (including phenoxy) is 5. The number of pyridine rings is 1. The fraction of sp³-hybridized carbons (Fsp3) is 0.162. The number of fused-ring (bicyclic) bond motifs is 2. The van der Waals surface area contributed by atoms with Crippen LogP contribution in [0.2, 0.25) is 5.02 Å². The Kier molecular flexibility index (Phi) is 9.26. The number of hydrogen-bond donors (Lipinski definition) is 1. The summed E-state index contributed by atoms with van der Waals surface area (Å²) in [7, 11) is 4.69. The first kappa shape index (κ1) is 31.4. The third kappa shape index (κ3) is 6.71. The van der Waals surface area contributed by atoms with Crippen molar-refractivity contribution in [2.24, 2.45) is 0 Å². The number of nitrogens with zero attached hydrogens (tertiary/aromatic N) is 1. The van der Waals surface area contributed by atoms with Crippen molar-refractivity contribution in [3.8, 4) is 28.7 Å². The lowest BCUT2D eigenvalue weighted by Crippen LogP contribution is -2.22. The highest BCUT2D eigenvalue weighted by molar-refractivity contribution is 6.31. The summed E-state index contributed by atoms with van der Waals surface area (Å²) in [5, 5.41) is 3.81. The fourth-order valence-corrected chi connectivity index (χ4v) is 5.76. The maximum Gasteiger partial charge on any atom is 0.339 e. The van der Waals surface area contributed by atoms with Crippen LogP contribution in [0.4, 0.5) is 5.69 Å². The molecule has 0 unspecified atom stereocenters. The van der Waals surface area contributed by atoms with Crippen LogP contribution in [0.3, 0.4) is 0 Å². The van der Waals surface area contributed by atoms with Gasteiger partial charge < -0.3 is 29.0 Å². The Balaban J connectivity index is 1.26. The summed E-state index contributed by atoms with van der Waals surface area (Å²) in [6.45, 7) is -0.518. The van der Waals surface area contributed by atoms with Crippen LogP contribution in [0.15, 0.2) is 84.9 Å². The van der Waals surface area contributed by atoms with Gasteiger partial charge in [0.25, 0.3) is 5.91 Å². The van der Waals surface area contributed by atoms with Gasteiger partial charge in [-0.15, -0.1) is 0 Å². The van der Waals surface area contributed by atoms with Crippen molar-refractivity contribution in [2.75, 3.05) is 33.3 Å². The standard InChI is InChI=1S/C37H31ClN2O7/c1-43-31-18-22(19-32(44-2)36(31)45-3)17-23-13-15-27-34(26-11-7-8-12-28(26)40-35(23)27)37(42)46-21-33(41)39-29-20-24(38)14-16-30(29)47-25-9-5-4-6-10-25/h4-12,14,16-20H,13,15,21H2,1-3H3,(H,39,41)/b23-17-. The molecule has 9 nitrogen and oxygen atoms in total. The highest BCUT2D eigenvalue weighted by Crippen LogP contribution is 2.42. The first-order chi connectivity index (χ1) is 22.9. The summed E-state index contributed by atoms with van der Waals surface area (Å²) >= 11 is 6.21. The van der Waals surface area contributed by atoms with Crippen molar-refractivity contribution in [2.45, 2.75) is 12.8 Å². The number of anilines is 1. The van der Waals surface area contributed by atoms with E-state index in [2.05, 4.69) is 5.32 Å². The number of para-hydroxylation sites is 2. The number of allylic oxidation sites excluding steroid dienone is 1. The second-order valence-electron chi connectivity index (χ2n) is 10.6. The second kappa shape index (κ2) is 13.8. The van der Waals surface area contributed by atoms with Gasteiger partial charge in [-0.1, -0.05) is 48.0 Å². The minimum absolute atomic E-state index is 0.347. The van der Waals surface area contributed by atoms with E-state index in [1.54, 1.807) is 51.7 Å². The molecule has 0 atom stereocenters. The van der Waals surface area contributed by atoms with Gasteiger partial charge in [0.05, 0.1) is 43.8 Å². The first-order valence-corrected chi connectivity index (χ1v) is 15.2. The van der Waals surface area contributed by atoms with Gasteiger partial charge in [0.2, 0.25) is 5.75 Å². The molecule has 0 spiro atoms. The molecule has 0 fully saturated rings. The predicted octanol–water partition coefficient (Wildman–Crippen LogP) is 7.99. The molecule has 1 aliphatic carbocycles. The molecular formula is C37H31ClN2O7. The van der Waals surface area contributed by atoms with Gasteiger partial charge >= 0.3 is 5.97 Å². The van der Waals surface area contributed by atoms with Crippen LogP contribution in [0.25, 0.3) is 22.6 Å². The van der Waals surface area contributed by atoms with Gasteiger partial charge in [0.15, 0.2) is 23.9 Å². The second-order valence-corrected chi connectivity index (χ2v) is 11.1. The molecule has 1 amide bonds. The lowest BCUT2D eigenvalue weighted by Gasteiger charge is -2.14. The molecule has 1 heterocycles. The molecule has 0 aliphatic heterocycles. The van der Waals surface area contributed by atoms with Crippen LogP contribution in [0.1, 0.15) is 33.6 Å². The van der Waals surface area contributed by atoms with E-state index in [9.17, 15) is 9.59 Å².